The van der Waals surface area contributed by atoms with Gasteiger partial charge < -0.3 is 26.2 Å². The van der Waals surface area contributed by atoms with Crippen LogP contribution in [0.2, 0.25) is 0 Å². The van der Waals surface area contributed by atoms with Gasteiger partial charge in [0.2, 0.25) is 0 Å². The first-order chi connectivity index (χ1) is 15.6. The van der Waals surface area contributed by atoms with Gasteiger partial charge >= 0.3 is 11.9 Å². The van der Waals surface area contributed by atoms with Crippen LogP contribution in [0.1, 0.15) is 34.6 Å². The molecule has 0 radical (unpaired) electrons. The standard InChI is InChI=1S/C23H25N5O5/c1-13-25-18-8-7-16(11-17(18)21(24)26-13)28(2)12-14-3-5-15(6-4-14)22(31)27-19(23(32)33)9-10-20(29)30/h3-8,11,19H,9-10,12H2,1-2H3,(H,27,31)(H,29,30)(H,32,33)(H2,24,25,26). The number of benzene rings is 2. The smallest absolute Gasteiger partial charge is 0.326 e. The van der Waals surface area contributed by atoms with Crippen molar-refractivity contribution < 1.29 is 24.6 Å². The lowest BCUT2D eigenvalue weighted by Gasteiger charge is -2.20. The van der Waals surface area contributed by atoms with Gasteiger partial charge in [0.15, 0.2) is 0 Å². The van der Waals surface area contributed by atoms with E-state index in [4.69, 9.17) is 10.8 Å². The fourth-order valence-electron chi connectivity index (χ4n) is 3.39. The van der Waals surface area contributed by atoms with Gasteiger partial charge in [0.25, 0.3) is 5.91 Å². The van der Waals surface area contributed by atoms with Gasteiger partial charge in [0.1, 0.15) is 17.7 Å². The van der Waals surface area contributed by atoms with E-state index in [-0.39, 0.29) is 18.4 Å². The Balaban J connectivity index is 1.67. The van der Waals surface area contributed by atoms with Crippen molar-refractivity contribution in [2.24, 2.45) is 0 Å². The number of nitrogens with zero attached hydrogens (tertiary/aromatic N) is 3. The largest absolute Gasteiger partial charge is 0.481 e. The molecule has 3 aromatic rings. The summed E-state index contributed by atoms with van der Waals surface area (Å²) in [6, 6.07) is 11.2. The SMILES string of the molecule is Cc1nc(N)c2cc(N(C)Cc3ccc(C(=O)NC(CCC(=O)O)C(=O)O)cc3)ccc2n1. The summed E-state index contributed by atoms with van der Waals surface area (Å²) in [5, 5.41) is 21.1. The Bertz CT molecular complexity index is 1200. The number of nitrogens with one attached hydrogen (secondary N) is 1. The summed E-state index contributed by atoms with van der Waals surface area (Å²) in [6.45, 7) is 2.34. The lowest BCUT2D eigenvalue weighted by Crippen LogP contribution is -2.41. The molecule has 33 heavy (non-hydrogen) atoms. The highest BCUT2D eigenvalue weighted by molar-refractivity contribution is 5.96. The van der Waals surface area contributed by atoms with Crippen molar-refractivity contribution in [3.8, 4) is 0 Å². The van der Waals surface area contributed by atoms with Gasteiger partial charge in [0, 0.05) is 36.7 Å². The molecule has 3 rings (SSSR count). The van der Waals surface area contributed by atoms with E-state index < -0.39 is 23.9 Å². The second-order valence-corrected chi connectivity index (χ2v) is 7.71. The molecule has 2 aromatic carbocycles. The van der Waals surface area contributed by atoms with Crippen LogP contribution in [-0.2, 0) is 16.1 Å². The quantitative estimate of drug-likeness (QED) is 0.382. The zero-order chi connectivity index (χ0) is 24.1. The van der Waals surface area contributed by atoms with Gasteiger partial charge in [-0.2, -0.15) is 0 Å². The number of carbonyl (C=O) groups is 3. The molecule has 0 aliphatic heterocycles. The minimum atomic E-state index is -1.28. The van der Waals surface area contributed by atoms with E-state index >= 15 is 0 Å². The highest BCUT2D eigenvalue weighted by Crippen LogP contribution is 2.25. The maximum atomic E-state index is 12.4. The van der Waals surface area contributed by atoms with E-state index in [1.807, 2.05) is 30.1 Å². The maximum absolute atomic E-state index is 12.4. The third-order valence-electron chi connectivity index (χ3n) is 5.15. The molecule has 172 valence electrons. The number of carbonyl (C=O) groups excluding carboxylic acids is 1. The number of aliphatic carboxylic acids is 2. The molecule has 10 heteroatoms. The van der Waals surface area contributed by atoms with Crippen molar-refractivity contribution in [2.45, 2.75) is 32.4 Å². The van der Waals surface area contributed by atoms with E-state index in [1.54, 1.807) is 31.2 Å². The normalized spacial score (nSPS) is 11.7. The third-order valence-corrected chi connectivity index (χ3v) is 5.15. The Labute approximate surface area is 190 Å². The Morgan fingerprint density at radius 3 is 2.42 bits per heavy atom. The Kier molecular flexibility index (Phi) is 7.07. The highest BCUT2D eigenvalue weighted by atomic mass is 16.4. The third kappa shape index (κ3) is 5.94. The number of aromatic nitrogens is 2. The van der Waals surface area contributed by atoms with E-state index in [1.165, 1.54) is 0 Å². The first kappa shape index (κ1) is 23.5. The summed E-state index contributed by atoms with van der Waals surface area (Å²) in [5.74, 6) is -1.94. The van der Waals surface area contributed by atoms with Crippen LogP contribution in [0, 0.1) is 6.92 Å². The summed E-state index contributed by atoms with van der Waals surface area (Å²) >= 11 is 0. The lowest BCUT2D eigenvalue weighted by molar-refractivity contribution is -0.140. The molecule has 1 unspecified atom stereocenters. The number of amides is 1. The van der Waals surface area contributed by atoms with Gasteiger partial charge in [-0.25, -0.2) is 14.8 Å². The Hall–Kier alpha value is -4.21. The molecule has 1 amide bonds. The zero-order valence-electron chi connectivity index (χ0n) is 18.3. The molecule has 0 bridgehead atoms. The fraction of sp³-hybridized carbons (Fsp3) is 0.261. The number of carboxylic acid groups (broad SMARTS) is 2. The van der Waals surface area contributed by atoms with Crippen LogP contribution in [-0.4, -0.2) is 51.1 Å². The van der Waals surface area contributed by atoms with Crippen LogP contribution in [0.15, 0.2) is 42.5 Å². The molecule has 0 saturated carbocycles. The van der Waals surface area contributed by atoms with Crippen LogP contribution < -0.4 is 16.0 Å². The molecular weight excluding hydrogens is 426 g/mol. The van der Waals surface area contributed by atoms with E-state index in [9.17, 15) is 19.5 Å². The number of carboxylic acids is 2. The van der Waals surface area contributed by atoms with Crippen molar-refractivity contribution in [1.29, 1.82) is 0 Å². The zero-order valence-corrected chi connectivity index (χ0v) is 18.3. The average Bonchev–Trinajstić information content (AvgIpc) is 2.76. The summed E-state index contributed by atoms with van der Waals surface area (Å²) < 4.78 is 0. The summed E-state index contributed by atoms with van der Waals surface area (Å²) in [4.78, 5) is 45.0. The predicted molar refractivity (Wildman–Crippen MR) is 123 cm³/mol. The summed E-state index contributed by atoms with van der Waals surface area (Å²) in [5.41, 5.74) is 8.95. The first-order valence-corrected chi connectivity index (χ1v) is 10.2. The molecule has 1 heterocycles. The van der Waals surface area contributed by atoms with Gasteiger partial charge in [0.05, 0.1) is 5.52 Å². The topological polar surface area (TPSA) is 159 Å². The monoisotopic (exact) mass is 451 g/mol. The van der Waals surface area contributed by atoms with Crippen LogP contribution in [0.4, 0.5) is 11.5 Å². The highest BCUT2D eigenvalue weighted by Gasteiger charge is 2.21. The number of hydrogen-bond acceptors (Lipinski definition) is 7. The van der Waals surface area contributed by atoms with Crippen LogP contribution >= 0.6 is 0 Å². The molecule has 1 atom stereocenters. The summed E-state index contributed by atoms with van der Waals surface area (Å²) in [7, 11) is 1.92. The number of aryl methyl sites for hydroxylation is 1. The maximum Gasteiger partial charge on any atom is 0.326 e. The van der Waals surface area contributed by atoms with Crippen LogP contribution in [0.25, 0.3) is 10.9 Å². The minimum absolute atomic E-state index is 0.194. The van der Waals surface area contributed by atoms with Crippen molar-refractivity contribution >= 4 is 40.3 Å². The molecule has 0 aliphatic carbocycles. The predicted octanol–water partition coefficient (Wildman–Crippen LogP) is 2.20. The molecule has 10 nitrogen and oxygen atoms in total. The molecule has 5 N–H and O–H groups in total. The Morgan fingerprint density at radius 2 is 1.79 bits per heavy atom. The molecular formula is C23H25N5O5. The second kappa shape index (κ2) is 9.94. The van der Waals surface area contributed by atoms with Crippen molar-refractivity contribution in [3.05, 3.63) is 59.4 Å². The number of nitrogens with two attached hydrogens (primary N) is 1. The van der Waals surface area contributed by atoms with Crippen LogP contribution in [0.5, 0.6) is 0 Å². The minimum Gasteiger partial charge on any atom is -0.481 e. The first-order valence-electron chi connectivity index (χ1n) is 10.2. The van der Waals surface area contributed by atoms with Gasteiger partial charge in [-0.3, -0.25) is 9.59 Å². The van der Waals surface area contributed by atoms with Crippen molar-refractivity contribution in [2.75, 3.05) is 17.7 Å². The average molecular weight is 451 g/mol. The van der Waals surface area contributed by atoms with Gasteiger partial charge in [-0.15, -0.1) is 0 Å². The van der Waals surface area contributed by atoms with E-state index in [2.05, 4.69) is 15.3 Å². The number of nitrogen functional groups attached to an aromatic ring is 1. The molecule has 0 fully saturated rings. The molecule has 1 aromatic heterocycles. The second-order valence-electron chi connectivity index (χ2n) is 7.71. The number of rotatable bonds is 9. The molecule has 0 aliphatic rings. The number of hydrogen-bond donors (Lipinski definition) is 4. The van der Waals surface area contributed by atoms with Crippen molar-refractivity contribution in [3.63, 3.8) is 0 Å². The van der Waals surface area contributed by atoms with Crippen molar-refractivity contribution in [1.82, 2.24) is 15.3 Å². The van der Waals surface area contributed by atoms with Crippen LogP contribution in [0.3, 0.4) is 0 Å². The number of anilines is 2. The summed E-state index contributed by atoms with van der Waals surface area (Å²) in [6.07, 6.45) is -0.547. The number of fused-ring (bicyclic) bond motifs is 1. The fourth-order valence-corrected chi connectivity index (χ4v) is 3.39. The van der Waals surface area contributed by atoms with Gasteiger partial charge in [-0.05, 0) is 49.2 Å². The lowest BCUT2D eigenvalue weighted by atomic mass is 10.1. The van der Waals surface area contributed by atoms with E-state index in [0.717, 1.165) is 22.2 Å². The molecule has 0 spiro atoms. The molecule has 0 saturated heterocycles. The van der Waals surface area contributed by atoms with Gasteiger partial charge in [-0.1, -0.05) is 12.1 Å². The van der Waals surface area contributed by atoms with E-state index in [0.29, 0.717) is 18.2 Å². The Morgan fingerprint density at radius 1 is 1.09 bits per heavy atom.